The van der Waals surface area contributed by atoms with Crippen molar-refractivity contribution in [3.8, 4) is 0 Å². The second-order valence-corrected chi connectivity index (χ2v) is 5.60. The summed E-state index contributed by atoms with van der Waals surface area (Å²) < 4.78 is 6.59. The summed E-state index contributed by atoms with van der Waals surface area (Å²) in [6.45, 7) is 2.55. The summed E-state index contributed by atoms with van der Waals surface area (Å²) in [5.74, 6) is 1.23. The van der Waals surface area contributed by atoms with Gasteiger partial charge in [0.15, 0.2) is 0 Å². The Morgan fingerprint density at radius 2 is 2.00 bits per heavy atom. The number of nitrogens with two attached hydrogens (primary N) is 1. The highest BCUT2D eigenvalue weighted by atomic mass is 79.9. The van der Waals surface area contributed by atoms with Crippen molar-refractivity contribution < 1.29 is 4.74 Å². The van der Waals surface area contributed by atoms with Gasteiger partial charge in [-0.1, -0.05) is 34.1 Å². The van der Waals surface area contributed by atoms with Gasteiger partial charge in [-0.05, 0) is 49.3 Å². The lowest BCUT2D eigenvalue weighted by atomic mass is 9.85. The predicted molar refractivity (Wildman–Crippen MR) is 74.1 cm³/mol. The Morgan fingerprint density at radius 1 is 1.29 bits per heavy atom. The molecule has 0 amide bonds. The molecule has 1 heterocycles. The summed E-state index contributed by atoms with van der Waals surface area (Å²) in [5, 5.41) is 0. The summed E-state index contributed by atoms with van der Waals surface area (Å²) in [4.78, 5) is 0. The fourth-order valence-corrected chi connectivity index (χ4v) is 3.15. The van der Waals surface area contributed by atoms with E-state index in [2.05, 4.69) is 40.2 Å². The van der Waals surface area contributed by atoms with E-state index in [4.69, 9.17) is 10.5 Å². The number of ether oxygens (including phenoxy) is 1. The van der Waals surface area contributed by atoms with E-state index in [0.717, 1.165) is 25.7 Å². The molecule has 0 bridgehead atoms. The Bertz CT molecular complexity index is 350. The molecule has 0 saturated carbocycles. The first-order valence-corrected chi connectivity index (χ1v) is 7.12. The third-order valence-corrected chi connectivity index (χ3v) is 4.31. The van der Waals surface area contributed by atoms with Crippen molar-refractivity contribution in [2.24, 2.45) is 11.7 Å². The van der Waals surface area contributed by atoms with Crippen molar-refractivity contribution in [2.75, 3.05) is 19.8 Å². The zero-order valence-electron chi connectivity index (χ0n) is 10.1. The molecule has 2 N–H and O–H groups in total. The van der Waals surface area contributed by atoms with Crippen LogP contribution >= 0.6 is 15.9 Å². The van der Waals surface area contributed by atoms with Crippen molar-refractivity contribution in [1.29, 1.82) is 0 Å². The lowest BCUT2D eigenvalue weighted by Crippen LogP contribution is -2.21. The van der Waals surface area contributed by atoms with Gasteiger partial charge in [-0.3, -0.25) is 0 Å². The molecular formula is C14H20BrNO. The highest BCUT2D eigenvalue weighted by Gasteiger charge is 2.20. The van der Waals surface area contributed by atoms with Crippen LogP contribution in [0.15, 0.2) is 28.7 Å². The Balaban J connectivity index is 2.03. The van der Waals surface area contributed by atoms with Crippen molar-refractivity contribution in [3.05, 3.63) is 34.3 Å². The van der Waals surface area contributed by atoms with Gasteiger partial charge in [0.05, 0.1) is 0 Å². The Kier molecular flexibility index (Phi) is 5.01. The first-order chi connectivity index (χ1) is 8.31. The van der Waals surface area contributed by atoms with Crippen molar-refractivity contribution in [1.82, 2.24) is 0 Å². The lowest BCUT2D eigenvalue weighted by Gasteiger charge is -2.26. The van der Waals surface area contributed by atoms with E-state index in [1.54, 1.807) is 0 Å². The van der Waals surface area contributed by atoms with Gasteiger partial charge in [-0.15, -0.1) is 0 Å². The minimum absolute atomic E-state index is 0.466. The number of hydrogen-bond donors (Lipinski definition) is 1. The second-order valence-electron chi connectivity index (χ2n) is 4.75. The fraction of sp³-hybridized carbons (Fsp3) is 0.571. The second kappa shape index (κ2) is 6.53. The van der Waals surface area contributed by atoms with Crippen molar-refractivity contribution in [2.45, 2.75) is 25.2 Å². The average molecular weight is 298 g/mol. The molecule has 1 aliphatic rings. The monoisotopic (exact) mass is 297 g/mol. The highest BCUT2D eigenvalue weighted by molar-refractivity contribution is 9.10. The minimum Gasteiger partial charge on any atom is -0.381 e. The van der Waals surface area contributed by atoms with E-state index in [-0.39, 0.29) is 0 Å². The number of halogens is 1. The molecule has 1 fully saturated rings. The molecular weight excluding hydrogens is 278 g/mol. The molecule has 2 rings (SSSR count). The van der Waals surface area contributed by atoms with Gasteiger partial charge in [0.1, 0.15) is 0 Å². The topological polar surface area (TPSA) is 35.2 Å². The molecule has 1 aromatic carbocycles. The summed E-state index contributed by atoms with van der Waals surface area (Å²) >= 11 is 3.62. The molecule has 1 aliphatic heterocycles. The highest BCUT2D eigenvalue weighted by Crippen LogP contribution is 2.32. The van der Waals surface area contributed by atoms with Crippen LogP contribution in [0.25, 0.3) is 0 Å². The van der Waals surface area contributed by atoms with Crippen LogP contribution < -0.4 is 5.73 Å². The number of rotatable bonds is 4. The quantitative estimate of drug-likeness (QED) is 0.925. The van der Waals surface area contributed by atoms with E-state index < -0.39 is 0 Å². The minimum atomic E-state index is 0.466. The molecule has 0 aromatic heterocycles. The molecule has 0 spiro atoms. The Morgan fingerprint density at radius 3 is 2.65 bits per heavy atom. The van der Waals surface area contributed by atoms with E-state index in [1.807, 2.05) is 0 Å². The molecule has 0 radical (unpaired) electrons. The molecule has 1 aromatic rings. The zero-order valence-corrected chi connectivity index (χ0v) is 11.7. The van der Waals surface area contributed by atoms with Gasteiger partial charge in [0.2, 0.25) is 0 Å². The third kappa shape index (κ3) is 3.54. The van der Waals surface area contributed by atoms with Gasteiger partial charge < -0.3 is 10.5 Å². The number of hydrogen-bond acceptors (Lipinski definition) is 2. The first kappa shape index (κ1) is 13.1. The Labute approximate surface area is 112 Å². The molecule has 3 heteroatoms. The molecule has 0 aliphatic carbocycles. The normalized spacial score (nSPS) is 19.2. The standard InChI is InChI=1S/C14H20BrNO/c15-14-4-2-1-3-13(14)12(10-16)9-11-5-7-17-8-6-11/h1-4,11-12H,5-10,16H2. The molecule has 1 saturated heterocycles. The average Bonchev–Trinajstić information content (AvgIpc) is 2.38. The first-order valence-electron chi connectivity index (χ1n) is 6.33. The summed E-state index contributed by atoms with van der Waals surface area (Å²) in [7, 11) is 0. The van der Waals surface area contributed by atoms with E-state index in [0.29, 0.717) is 5.92 Å². The summed E-state index contributed by atoms with van der Waals surface area (Å²) in [5.41, 5.74) is 7.29. The van der Waals surface area contributed by atoms with Gasteiger partial charge in [0.25, 0.3) is 0 Å². The zero-order chi connectivity index (χ0) is 12.1. The van der Waals surface area contributed by atoms with Crippen molar-refractivity contribution >= 4 is 15.9 Å². The van der Waals surface area contributed by atoms with E-state index >= 15 is 0 Å². The van der Waals surface area contributed by atoms with Gasteiger partial charge in [-0.25, -0.2) is 0 Å². The van der Waals surface area contributed by atoms with Crippen LogP contribution in [0.4, 0.5) is 0 Å². The maximum absolute atomic E-state index is 5.94. The van der Waals surface area contributed by atoms with Gasteiger partial charge in [0, 0.05) is 17.7 Å². The maximum atomic E-state index is 5.94. The molecule has 17 heavy (non-hydrogen) atoms. The number of benzene rings is 1. The van der Waals surface area contributed by atoms with Gasteiger partial charge >= 0.3 is 0 Å². The van der Waals surface area contributed by atoms with Gasteiger partial charge in [-0.2, -0.15) is 0 Å². The smallest absolute Gasteiger partial charge is 0.0468 e. The van der Waals surface area contributed by atoms with Crippen LogP contribution in [-0.2, 0) is 4.74 Å². The van der Waals surface area contributed by atoms with Crippen LogP contribution in [-0.4, -0.2) is 19.8 Å². The third-order valence-electron chi connectivity index (χ3n) is 3.59. The van der Waals surface area contributed by atoms with Crippen molar-refractivity contribution in [3.63, 3.8) is 0 Å². The molecule has 94 valence electrons. The SMILES string of the molecule is NCC(CC1CCOCC1)c1ccccc1Br. The lowest BCUT2D eigenvalue weighted by molar-refractivity contribution is 0.0619. The van der Waals surface area contributed by atoms with Crippen LogP contribution in [0.2, 0.25) is 0 Å². The predicted octanol–water partition coefficient (Wildman–Crippen LogP) is 3.31. The summed E-state index contributed by atoms with van der Waals surface area (Å²) in [6.07, 6.45) is 3.55. The molecule has 1 atom stereocenters. The molecule has 2 nitrogen and oxygen atoms in total. The Hall–Kier alpha value is -0.380. The van der Waals surface area contributed by atoms with E-state index in [9.17, 15) is 0 Å². The fourth-order valence-electron chi connectivity index (χ4n) is 2.54. The molecule has 1 unspecified atom stereocenters. The van der Waals surface area contributed by atoms with E-state index in [1.165, 1.54) is 29.3 Å². The van der Waals surface area contributed by atoms with Crippen LogP contribution in [0, 0.1) is 5.92 Å². The van der Waals surface area contributed by atoms with Crippen LogP contribution in [0.5, 0.6) is 0 Å². The van der Waals surface area contributed by atoms with Crippen LogP contribution in [0.1, 0.15) is 30.7 Å². The largest absolute Gasteiger partial charge is 0.381 e. The summed E-state index contributed by atoms with van der Waals surface area (Å²) in [6, 6.07) is 8.42. The van der Waals surface area contributed by atoms with Crippen LogP contribution in [0.3, 0.4) is 0 Å². The maximum Gasteiger partial charge on any atom is 0.0468 e.